The molecule has 0 radical (unpaired) electrons. The van der Waals surface area contributed by atoms with Gasteiger partial charge in [-0.05, 0) is 43.7 Å². The number of carbonyl (C=O) groups is 1. The molecule has 0 aliphatic heterocycles. The summed E-state index contributed by atoms with van der Waals surface area (Å²) in [6.07, 6.45) is 0. The predicted octanol–water partition coefficient (Wildman–Crippen LogP) is 4.50. The fourth-order valence-corrected chi connectivity index (χ4v) is 2.83. The number of carbonyl (C=O) groups excluding carboxylic acids is 1. The van der Waals surface area contributed by atoms with Gasteiger partial charge in [0.25, 0.3) is 5.91 Å². The molecule has 1 N–H and O–H groups in total. The van der Waals surface area contributed by atoms with Gasteiger partial charge in [0.05, 0.1) is 7.11 Å². The lowest BCUT2D eigenvalue weighted by Crippen LogP contribution is -2.22. The van der Waals surface area contributed by atoms with E-state index in [1.807, 2.05) is 62.4 Å². The highest BCUT2D eigenvalue weighted by Gasteiger charge is 2.13. The maximum atomic E-state index is 12.5. The van der Waals surface area contributed by atoms with E-state index in [1.165, 1.54) is 0 Å². The lowest BCUT2D eigenvalue weighted by atomic mass is 10.0. The third kappa shape index (κ3) is 3.74. The SMILES string of the molecule is COc1ccc(C(=O)NCc2cc(C)oc2C)cc1-c1ccccc1. The zero-order valence-corrected chi connectivity index (χ0v) is 14.6. The van der Waals surface area contributed by atoms with Crippen molar-refractivity contribution in [1.29, 1.82) is 0 Å². The Hall–Kier alpha value is -3.01. The first-order chi connectivity index (χ1) is 12.1. The van der Waals surface area contributed by atoms with Crippen molar-refractivity contribution in [2.24, 2.45) is 0 Å². The highest BCUT2D eigenvalue weighted by atomic mass is 16.5. The monoisotopic (exact) mass is 335 g/mol. The van der Waals surface area contributed by atoms with E-state index >= 15 is 0 Å². The number of hydrogen-bond donors (Lipinski definition) is 1. The van der Waals surface area contributed by atoms with E-state index < -0.39 is 0 Å². The van der Waals surface area contributed by atoms with Gasteiger partial charge in [0.15, 0.2) is 0 Å². The van der Waals surface area contributed by atoms with E-state index in [0.29, 0.717) is 12.1 Å². The average molecular weight is 335 g/mol. The summed E-state index contributed by atoms with van der Waals surface area (Å²) in [4.78, 5) is 12.5. The van der Waals surface area contributed by atoms with Crippen LogP contribution >= 0.6 is 0 Å². The summed E-state index contributed by atoms with van der Waals surface area (Å²) in [5.74, 6) is 2.29. The summed E-state index contributed by atoms with van der Waals surface area (Å²) in [7, 11) is 1.63. The van der Waals surface area contributed by atoms with Crippen molar-refractivity contribution in [3.8, 4) is 16.9 Å². The van der Waals surface area contributed by atoms with Crippen LogP contribution in [0.4, 0.5) is 0 Å². The van der Waals surface area contributed by atoms with E-state index in [2.05, 4.69) is 5.32 Å². The van der Waals surface area contributed by atoms with E-state index in [9.17, 15) is 4.79 Å². The van der Waals surface area contributed by atoms with Crippen LogP contribution < -0.4 is 10.1 Å². The minimum atomic E-state index is -0.127. The molecule has 4 heteroatoms. The number of furan rings is 1. The number of amides is 1. The maximum absolute atomic E-state index is 12.5. The van der Waals surface area contributed by atoms with Gasteiger partial charge in [0.1, 0.15) is 17.3 Å². The van der Waals surface area contributed by atoms with Crippen molar-refractivity contribution in [3.63, 3.8) is 0 Å². The number of hydrogen-bond acceptors (Lipinski definition) is 3. The summed E-state index contributed by atoms with van der Waals surface area (Å²) in [6, 6.07) is 17.3. The molecule has 0 fully saturated rings. The van der Waals surface area contributed by atoms with Crippen LogP contribution in [0.1, 0.15) is 27.4 Å². The van der Waals surface area contributed by atoms with Gasteiger partial charge >= 0.3 is 0 Å². The Labute approximate surface area is 147 Å². The zero-order valence-electron chi connectivity index (χ0n) is 14.6. The van der Waals surface area contributed by atoms with Gasteiger partial charge in [0.2, 0.25) is 0 Å². The molecule has 128 valence electrons. The van der Waals surface area contributed by atoms with Crippen LogP contribution in [0.2, 0.25) is 0 Å². The Morgan fingerprint density at radius 1 is 1.08 bits per heavy atom. The van der Waals surface area contributed by atoms with Crippen molar-refractivity contribution in [3.05, 3.63) is 77.2 Å². The molecule has 25 heavy (non-hydrogen) atoms. The smallest absolute Gasteiger partial charge is 0.251 e. The Balaban J connectivity index is 1.82. The molecule has 0 aliphatic carbocycles. The maximum Gasteiger partial charge on any atom is 0.251 e. The number of benzene rings is 2. The predicted molar refractivity (Wildman–Crippen MR) is 97.8 cm³/mol. The molecule has 2 aromatic carbocycles. The lowest BCUT2D eigenvalue weighted by Gasteiger charge is -2.11. The molecular formula is C21H21NO3. The van der Waals surface area contributed by atoms with Gasteiger partial charge in [-0.15, -0.1) is 0 Å². The summed E-state index contributed by atoms with van der Waals surface area (Å²) in [5.41, 5.74) is 3.49. The standard InChI is InChI=1S/C21H21NO3/c1-14-11-18(15(2)25-14)13-22-21(23)17-9-10-20(24-3)19(12-17)16-7-5-4-6-8-16/h4-12H,13H2,1-3H3,(H,22,23). The highest BCUT2D eigenvalue weighted by Crippen LogP contribution is 2.30. The van der Waals surface area contributed by atoms with Crippen molar-refractivity contribution in [1.82, 2.24) is 5.32 Å². The second-order valence-electron chi connectivity index (χ2n) is 5.90. The van der Waals surface area contributed by atoms with Crippen LogP contribution in [-0.2, 0) is 6.54 Å². The molecule has 1 aromatic heterocycles. The average Bonchev–Trinajstić information content (AvgIpc) is 2.97. The summed E-state index contributed by atoms with van der Waals surface area (Å²) < 4.78 is 10.9. The van der Waals surface area contributed by atoms with Crippen molar-refractivity contribution in [2.45, 2.75) is 20.4 Å². The van der Waals surface area contributed by atoms with Gasteiger partial charge in [-0.2, -0.15) is 0 Å². The molecule has 4 nitrogen and oxygen atoms in total. The zero-order chi connectivity index (χ0) is 17.8. The number of aryl methyl sites for hydroxylation is 2. The van der Waals surface area contributed by atoms with Gasteiger partial charge in [0, 0.05) is 23.2 Å². The molecule has 0 atom stereocenters. The Morgan fingerprint density at radius 3 is 2.48 bits per heavy atom. The third-order valence-corrected chi connectivity index (χ3v) is 4.13. The molecule has 1 heterocycles. The van der Waals surface area contributed by atoms with Crippen LogP contribution in [0, 0.1) is 13.8 Å². The fraction of sp³-hybridized carbons (Fsp3) is 0.190. The van der Waals surface area contributed by atoms with E-state index in [4.69, 9.17) is 9.15 Å². The van der Waals surface area contributed by atoms with Crippen molar-refractivity contribution in [2.75, 3.05) is 7.11 Å². The molecule has 0 aliphatic rings. The van der Waals surface area contributed by atoms with Crippen molar-refractivity contribution < 1.29 is 13.9 Å². The van der Waals surface area contributed by atoms with Gasteiger partial charge in [-0.25, -0.2) is 0 Å². The van der Waals surface area contributed by atoms with E-state index in [0.717, 1.165) is 34.0 Å². The molecule has 0 saturated heterocycles. The lowest BCUT2D eigenvalue weighted by molar-refractivity contribution is 0.0951. The fourth-order valence-electron chi connectivity index (χ4n) is 2.83. The van der Waals surface area contributed by atoms with Gasteiger partial charge in [-0.1, -0.05) is 30.3 Å². The summed E-state index contributed by atoms with van der Waals surface area (Å²) in [5, 5.41) is 2.95. The van der Waals surface area contributed by atoms with Crippen LogP contribution in [0.3, 0.4) is 0 Å². The van der Waals surface area contributed by atoms with Crippen LogP contribution in [0.5, 0.6) is 5.75 Å². The molecule has 0 unspecified atom stereocenters. The first-order valence-electron chi connectivity index (χ1n) is 8.16. The number of ether oxygens (including phenoxy) is 1. The molecule has 3 rings (SSSR count). The first kappa shape index (κ1) is 16.8. The molecule has 0 bridgehead atoms. The normalized spacial score (nSPS) is 10.5. The minimum Gasteiger partial charge on any atom is -0.496 e. The number of rotatable bonds is 5. The van der Waals surface area contributed by atoms with Crippen LogP contribution in [0.25, 0.3) is 11.1 Å². The number of nitrogens with one attached hydrogen (secondary N) is 1. The van der Waals surface area contributed by atoms with Gasteiger partial charge in [-0.3, -0.25) is 4.79 Å². The van der Waals surface area contributed by atoms with E-state index in [-0.39, 0.29) is 5.91 Å². The number of methoxy groups -OCH3 is 1. The van der Waals surface area contributed by atoms with Crippen LogP contribution in [0.15, 0.2) is 59.0 Å². The van der Waals surface area contributed by atoms with Crippen LogP contribution in [-0.4, -0.2) is 13.0 Å². The molecule has 1 amide bonds. The second-order valence-corrected chi connectivity index (χ2v) is 5.90. The summed E-state index contributed by atoms with van der Waals surface area (Å²) >= 11 is 0. The van der Waals surface area contributed by atoms with E-state index in [1.54, 1.807) is 13.2 Å². The molecular weight excluding hydrogens is 314 g/mol. The Kier molecular flexibility index (Phi) is 4.89. The highest BCUT2D eigenvalue weighted by molar-refractivity contribution is 5.96. The topological polar surface area (TPSA) is 51.5 Å². The first-order valence-corrected chi connectivity index (χ1v) is 8.16. The molecule has 0 spiro atoms. The Bertz CT molecular complexity index is 881. The Morgan fingerprint density at radius 2 is 1.84 bits per heavy atom. The largest absolute Gasteiger partial charge is 0.496 e. The van der Waals surface area contributed by atoms with Crippen molar-refractivity contribution >= 4 is 5.91 Å². The molecule has 0 saturated carbocycles. The summed E-state index contributed by atoms with van der Waals surface area (Å²) in [6.45, 7) is 4.23. The third-order valence-electron chi connectivity index (χ3n) is 4.13. The quantitative estimate of drug-likeness (QED) is 0.747. The van der Waals surface area contributed by atoms with Gasteiger partial charge < -0.3 is 14.5 Å². The minimum absolute atomic E-state index is 0.127. The molecule has 3 aromatic rings. The second kappa shape index (κ2) is 7.26.